The molecule has 0 spiro atoms. The number of nitrogens with two attached hydrogens (primary N) is 1. The maximum atomic E-state index is 11.1. The number of benzene rings is 1. The van der Waals surface area contributed by atoms with Crippen molar-refractivity contribution in [3.05, 3.63) is 29.8 Å². The molecule has 0 bridgehead atoms. The molecule has 0 saturated carbocycles. The summed E-state index contributed by atoms with van der Waals surface area (Å²) in [5, 5.41) is 3.34. The minimum Gasteiger partial charge on any atom is -0.497 e. The third kappa shape index (κ3) is 4.37. The number of carbonyl (C=O) groups is 1. The van der Waals surface area contributed by atoms with Crippen LogP contribution in [0.25, 0.3) is 0 Å². The van der Waals surface area contributed by atoms with Gasteiger partial charge in [-0.3, -0.25) is 4.79 Å². The maximum absolute atomic E-state index is 11.1. The van der Waals surface area contributed by atoms with Crippen LogP contribution in [0.3, 0.4) is 0 Å². The molecule has 0 aliphatic heterocycles. The van der Waals surface area contributed by atoms with Gasteiger partial charge >= 0.3 is 0 Å². The lowest BCUT2D eigenvalue weighted by atomic mass is 9.89. The van der Waals surface area contributed by atoms with Crippen molar-refractivity contribution in [3.8, 4) is 5.75 Å². The Balaban J connectivity index is 2.78. The van der Waals surface area contributed by atoms with Gasteiger partial charge in [0.15, 0.2) is 0 Å². The van der Waals surface area contributed by atoms with Crippen molar-refractivity contribution in [2.75, 3.05) is 13.7 Å². The van der Waals surface area contributed by atoms with E-state index in [2.05, 4.69) is 5.32 Å². The Kier molecular flexibility index (Phi) is 5.16. The zero-order valence-corrected chi connectivity index (χ0v) is 11.3. The van der Waals surface area contributed by atoms with Crippen LogP contribution in [0.2, 0.25) is 0 Å². The summed E-state index contributed by atoms with van der Waals surface area (Å²) in [5.74, 6) is 0.547. The Hall–Kier alpha value is -1.55. The Morgan fingerprint density at radius 2 is 2.00 bits per heavy atom. The van der Waals surface area contributed by atoms with Gasteiger partial charge < -0.3 is 15.8 Å². The molecule has 1 atom stereocenters. The number of likely N-dealkylation sites (N-methyl/N-ethyl adjacent to an activating group) is 1. The quantitative estimate of drug-likeness (QED) is 0.770. The van der Waals surface area contributed by atoms with Crippen LogP contribution < -0.4 is 15.8 Å². The second-order valence-corrected chi connectivity index (χ2v) is 4.76. The van der Waals surface area contributed by atoms with E-state index in [-0.39, 0.29) is 11.4 Å². The first-order valence-electron chi connectivity index (χ1n) is 6.15. The molecule has 4 nitrogen and oxygen atoms in total. The lowest BCUT2D eigenvalue weighted by molar-refractivity contribution is -0.119. The fraction of sp³-hybridized carbons (Fsp3) is 0.500. The van der Waals surface area contributed by atoms with Gasteiger partial charge in [0.05, 0.1) is 7.11 Å². The molecule has 0 saturated heterocycles. The monoisotopic (exact) mass is 250 g/mol. The number of hydrogen-bond acceptors (Lipinski definition) is 3. The van der Waals surface area contributed by atoms with Gasteiger partial charge in [0, 0.05) is 12.0 Å². The number of hydrogen-bond donors (Lipinski definition) is 2. The predicted molar refractivity (Wildman–Crippen MR) is 72.6 cm³/mol. The van der Waals surface area contributed by atoms with Crippen molar-refractivity contribution in [1.29, 1.82) is 0 Å². The number of amides is 1. The van der Waals surface area contributed by atoms with Crippen molar-refractivity contribution in [3.63, 3.8) is 0 Å². The number of methoxy groups -OCH3 is 1. The van der Waals surface area contributed by atoms with Crippen molar-refractivity contribution < 1.29 is 9.53 Å². The standard InChI is InChI=1S/C14H22N2O2/c1-4-16-14(2,10-13(15)17)9-11-5-7-12(18-3)8-6-11/h5-8,16H,4,9-10H2,1-3H3,(H2,15,17). The summed E-state index contributed by atoms with van der Waals surface area (Å²) in [4.78, 5) is 11.1. The number of carbonyl (C=O) groups excluding carboxylic acids is 1. The second-order valence-electron chi connectivity index (χ2n) is 4.76. The molecule has 0 aliphatic rings. The first kappa shape index (κ1) is 14.5. The zero-order valence-electron chi connectivity index (χ0n) is 11.3. The Bertz CT molecular complexity index is 389. The van der Waals surface area contributed by atoms with Crippen LogP contribution in [0, 0.1) is 0 Å². The maximum Gasteiger partial charge on any atom is 0.219 e. The van der Waals surface area contributed by atoms with Crippen LogP contribution in [0.1, 0.15) is 25.8 Å². The molecule has 0 aromatic heterocycles. The van der Waals surface area contributed by atoms with Crippen LogP contribution in [0.5, 0.6) is 5.75 Å². The molecule has 18 heavy (non-hydrogen) atoms. The summed E-state index contributed by atoms with van der Waals surface area (Å²) < 4.78 is 5.12. The number of primary amides is 1. The average Bonchev–Trinajstić information content (AvgIpc) is 2.28. The van der Waals surface area contributed by atoms with Crippen LogP contribution in [-0.4, -0.2) is 25.1 Å². The van der Waals surface area contributed by atoms with E-state index in [0.29, 0.717) is 6.42 Å². The summed E-state index contributed by atoms with van der Waals surface area (Å²) in [6.45, 7) is 4.85. The SMILES string of the molecule is CCNC(C)(CC(N)=O)Cc1ccc(OC)cc1. The molecular weight excluding hydrogens is 228 g/mol. The number of nitrogens with one attached hydrogen (secondary N) is 1. The van der Waals surface area contributed by atoms with Gasteiger partial charge in [0.2, 0.25) is 5.91 Å². The largest absolute Gasteiger partial charge is 0.497 e. The molecule has 1 amide bonds. The summed E-state index contributed by atoms with van der Waals surface area (Å²) in [6.07, 6.45) is 1.08. The van der Waals surface area contributed by atoms with E-state index < -0.39 is 0 Å². The molecule has 0 heterocycles. The first-order valence-corrected chi connectivity index (χ1v) is 6.15. The van der Waals surface area contributed by atoms with Crippen LogP contribution in [0.15, 0.2) is 24.3 Å². The van der Waals surface area contributed by atoms with Gasteiger partial charge in [-0.1, -0.05) is 19.1 Å². The summed E-state index contributed by atoms with van der Waals surface area (Å²) in [7, 11) is 1.64. The second kappa shape index (κ2) is 6.40. The van der Waals surface area contributed by atoms with E-state index in [1.54, 1.807) is 7.11 Å². The van der Waals surface area contributed by atoms with Crippen molar-refractivity contribution >= 4 is 5.91 Å². The lowest BCUT2D eigenvalue weighted by Gasteiger charge is -2.29. The molecule has 1 aromatic carbocycles. The van der Waals surface area contributed by atoms with Crippen LogP contribution >= 0.6 is 0 Å². The first-order chi connectivity index (χ1) is 8.49. The van der Waals surface area contributed by atoms with E-state index in [1.807, 2.05) is 38.1 Å². The van der Waals surface area contributed by atoms with E-state index >= 15 is 0 Å². The zero-order chi connectivity index (χ0) is 13.6. The molecule has 3 N–H and O–H groups in total. The average molecular weight is 250 g/mol. The van der Waals surface area contributed by atoms with Crippen molar-refractivity contribution in [1.82, 2.24) is 5.32 Å². The normalized spacial score (nSPS) is 13.9. The molecule has 4 heteroatoms. The topological polar surface area (TPSA) is 64.3 Å². The van der Waals surface area contributed by atoms with Crippen LogP contribution in [-0.2, 0) is 11.2 Å². The van der Waals surface area contributed by atoms with Gasteiger partial charge in [-0.2, -0.15) is 0 Å². The molecule has 1 rings (SSSR count). The molecule has 0 aliphatic carbocycles. The smallest absolute Gasteiger partial charge is 0.219 e. The van der Waals surface area contributed by atoms with E-state index in [1.165, 1.54) is 0 Å². The highest BCUT2D eigenvalue weighted by Crippen LogP contribution is 2.19. The van der Waals surface area contributed by atoms with E-state index in [0.717, 1.165) is 24.3 Å². The predicted octanol–water partition coefficient (Wildman–Crippen LogP) is 1.48. The fourth-order valence-electron chi connectivity index (χ4n) is 2.19. The Morgan fingerprint density at radius 3 is 2.44 bits per heavy atom. The molecule has 1 aromatic rings. The van der Waals surface area contributed by atoms with E-state index in [9.17, 15) is 4.79 Å². The molecular formula is C14H22N2O2. The Labute approximate surface area is 109 Å². The van der Waals surface area contributed by atoms with Gasteiger partial charge in [-0.25, -0.2) is 0 Å². The minimum absolute atomic E-state index is 0.285. The Morgan fingerprint density at radius 1 is 1.39 bits per heavy atom. The van der Waals surface area contributed by atoms with E-state index in [4.69, 9.17) is 10.5 Å². The van der Waals surface area contributed by atoms with Gasteiger partial charge in [-0.05, 0) is 37.6 Å². The van der Waals surface area contributed by atoms with Crippen molar-refractivity contribution in [2.24, 2.45) is 5.73 Å². The summed E-state index contributed by atoms with van der Waals surface area (Å²) in [6, 6.07) is 7.86. The highest BCUT2D eigenvalue weighted by molar-refractivity contribution is 5.75. The fourth-order valence-corrected chi connectivity index (χ4v) is 2.19. The van der Waals surface area contributed by atoms with Gasteiger partial charge in [-0.15, -0.1) is 0 Å². The molecule has 1 unspecified atom stereocenters. The van der Waals surface area contributed by atoms with Crippen LogP contribution in [0.4, 0.5) is 0 Å². The van der Waals surface area contributed by atoms with Crippen molar-refractivity contribution in [2.45, 2.75) is 32.2 Å². The number of rotatable bonds is 7. The third-order valence-corrected chi connectivity index (χ3v) is 2.92. The molecule has 0 radical (unpaired) electrons. The molecule has 0 fully saturated rings. The number of ether oxygens (including phenoxy) is 1. The van der Waals surface area contributed by atoms with Gasteiger partial charge in [0.1, 0.15) is 5.75 Å². The molecule has 100 valence electrons. The lowest BCUT2D eigenvalue weighted by Crippen LogP contribution is -2.47. The van der Waals surface area contributed by atoms with Gasteiger partial charge in [0.25, 0.3) is 0 Å². The highest BCUT2D eigenvalue weighted by Gasteiger charge is 2.25. The summed E-state index contributed by atoms with van der Waals surface area (Å²) >= 11 is 0. The summed E-state index contributed by atoms with van der Waals surface area (Å²) in [5.41, 5.74) is 6.17. The third-order valence-electron chi connectivity index (χ3n) is 2.92. The minimum atomic E-state index is -0.296. The highest BCUT2D eigenvalue weighted by atomic mass is 16.5.